The molecule has 0 radical (unpaired) electrons. The molecule has 88 valence electrons. The average Bonchev–Trinajstić information content (AvgIpc) is 2.25. The topological polar surface area (TPSA) is 26.3 Å². The number of ether oxygens (including phenoxy) is 1. The molecule has 0 amide bonds. The van der Waals surface area contributed by atoms with E-state index in [0.29, 0.717) is 0 Å². The summed E-state index contributed by atoms with van der Waals surface area (Å²) in [5.41, 5.74) is -1.39. The van der Waals surface area contributed by atoms with Crippen molar-refractivity contribution in [2.45, 2.75) is 11.1 Å². The van der Waals surface area contributed by atoms with Crippen LogP contribution in [0.15, 0.2) is 23.1 Å². The largest absolute Gasteiger partial charge is 0.465 e. The van der Waals surface area contributed by atoms with Gasteiger partial charge in [-0.05, 0) is 18.4 Å². The van der Waals surface area contributed by atoms with Gasteiger partial charge in [-0.15, -0.1) is 11.8 Å². The average molecular weight is 250 g/mol. The summed E-state index contributed by atoms with van der Waals surface area (Å²) < 4.78 is 42.3. The van der Waals surface area contributed by atoms with Crippen LogP contribution in [0.2, 0.25) is 0 Å². The van der Waals surface area contributed by atoms with E-state index in [1.165, 1.54) is 12.1 Å². The van der Waals surface area contributed by atoms with Crippen molar-refractivity contribution in [1.29, 1.82) is 0 Å². The van der Waals surface area contributed by atoms with Crippen molar-refractivity contribution in [3.63, 3.8) is 0 Å². The third kappa shape index (κ3) is 2.49. The Morgan fingerprint density at radius 1 is 1.38 bits per heavy atom. The summed E-state index contributed by atoms with van der Waals surface area (Å²) in [5.74, 6) is -0.975. The van der Waals surface area contributed by atoms with E-state index in [2.05, 4.69) is 4.74 Å². The highest BCUT2D eigenvalue weighted by atomic mass is 32.2. The lowest BCUT2D eigenvalue weighted by Gasteiger charge is -2.13. The molecule has 0 aliphatic heterocycles. The van der Waals surface area contributed by atoms with Crippen LogP contribution < -0.4 is 0 Å². The summed E-state index contributed by atoms with van der Waals surface area (Å²) in [6.45, 7) is 0. The Morgan fingerprint density at radius 3 is 2.44 bits per heavy atom. The van der Waals surface area contributed by atoms with Gasteiger partial charge in [-0.25, -0.2) is 4.79 Å². The predicted molar refractivity (Wildman–Crippen MR) is 54.6 cm³/mol. The van der Waals surface area contributed by atoms with Gasteiger partial charge in [-0.2, -0.15) is 13.2 Å². The molecule has 1 aromatic carbocycles. The van der Waals surface area contributed by atoms with Crippen LogP contribution in [0, 0.1) is 0 Å². The standard InChI is InChI=1S/C10H9F3O2S/c1-15-9(14)8-6(10(11,12)13)4-3-5-7(8)16-2/h3-5H,1-2H3. The minimum Gasteiger partial charge on any atom is -0.465 e. The van der Waals surface area contributed by atoms with Gasteiger partial charge in [0, 0.05) is 4.90 Å². The van der Waals surface area contributed by atoms with E-state index < -0.39 is 23.3 Å². The van der Waals surface area contributed by atoms with E-state index >= 15 is 0 Å². The smallest absolute Gasteiger partial charge is 0.417 e. The van der Waals surface area contributed by atoms with Crippen LogP contribution >= 0.6 is 11.8 Å². The zero-order chi connectivity index (χ0) is 12.3. The van der Waals surface area contributed by atoms with E-state index in [0.717, 1.165) is 24.9 Å². The van der Waals surface area contributed by atoms with E-state index in [-0.39, 0.29) is 4.90 Å². The predicted octanol–water partition coefficient (Wildman–Crippen LogP) is 3.21. The summed E-state index contributed by atoms with van der Waals surface area (Å²) in [7, 11) is 1.06. The third-order valence-electron chi connectivity index (χ3n) is 1.94. The highest BCUT2D eigenvalue weighted by molar-refractivity contribution is 7.98. The SMILES string of the molecule is COC(=O)c1c(SC)cccc1C(F)(F)F. The number of carbonyl (C=O) groups is 1. The van der Waals surface area contributed by atoms with Crippen molar-refractivity contribution in [2.24, 2.45) is 0 Å². The third-order valence-corrected chi connectivity index (χ3v) is 2.72. The van der Waals surface area contributed by atoms with Crippen LogP contribution in [0.1, 0.15) is 15.9 Å². The molecule has 0 bridgehead atoms. The normalized spacial score (nSPS) is 11.3. The number of halogens is 3. The molecule has 0 unspecified atom stereocenters. The minimum atomic E-state index is -4.56. The quantitative estimate of drug-likeness (QED) is 0.595. The monoisotopic (exact) mass is 250 g/mol. The first-order chi connectivity index (χ1) is 7.41. The number of esters is 1. The maximum atomic E-state index is 12.6. The lowest BCUT2D eigenvalue weighted by molar-refractivity contribution is -0.138. The van der Waals surface area contributed by atoms with Gasteiger partial charge in [0.25, 0.3) is 0 Å². The molecule has 0 aliphatic rings. The lowest BCUT2D eigenvalue weighted by atomic mass is 10.1. The van der Waals surface area contributed by atoms with Gasteiger partial charge in [0.15, 0.2) is 0 Å². The minimum absolute atomic E-state index is 0.252. The summed E-state index contributed by atoms with van der Waals surface area (Å²) >= 11 is 1.07. The van der Waals surface area contributed by atoms with Crippen molar-refractivity contribution in [3.05, 3.63) is 29.3 Å². The Kier molecular flexibility index (Phi) is 3.85. The van der Waals surface area contributed by atoms with Crippen LogP contribution in [-0.4, -0.2) is 19.3 Å². The first-order valence-corrected chi connectivity index (χ1v) is 5.46. The number of alkyl halides is 3. The maximum absolute atomic E-state index is 12.6. The van der Waals surface area contributed by atoms with E-state index in [9.17, 15) is 18.0 Å². The molecule has 1 aromatic rings. The Hall–Kier alpha value is -1.17. The Balaban J connectivity index is 3.44. The number of carbonyl (C=O) groups excluding carboxylic acids is 1. The molecule has 6 heteroatoms. The molecule has 2 nitrogen and oxygen atoms in total. The van der Waals surface area contributed by atoms with Crippen LogP contribution in [0.3, 0.4) is 0 Å². The van der Waals surface area contributed by atoms with Gasteiger partial charge in [0.05, 0.1) is 18.2 Å². The first-order valence-electron chi connectivity index (χ1n) is 4.24. The van der Waals surface area contributed by atoms with Crippen molar-refractivity contribution >= 4 is 17.7 Å². The Bertz CT molecular complexity index is 402. The van der Waals surface area contributed by atoms with Gasteiger partial charge < -0.3 is 4.74 Å². The van der Waals surface area contributed by atoms with Crippen molar-refractivity contribution < 1.29 is 22.7 Å². The maximum Gasteiger partial charge on any atom is 0.417 e. The molecule has 16 heavy (non-hydrogen) atoms. The van der Waals surface area contributed by atoms with Crippen molar-refractivity contribution in [1.82, 2.24) is 0 Å². The Labute approximate surface area is 94.8 Å². The molecular weight excluding hydrogens is 241 g/mol. The second kappa shape index (κ2) is 4.78. The lowest BCUT2D eigenvalue weighted by Crippen LogP contribution is -2.15. The summed E-state index contributed by atoms with van der Waals surface area (Å²) in [4.78, 5) is 11.6. The summed E-state index contributed by atoms with van der Waals surface area (Å²) in [6, 6.07) is 3.58. The van der Waals surface area contributed by atoms with Gasteiger partial charge in [0.2, 0.25) is 0 Å². The first kappa shape index (κ1) is 12.9. The number of methoxy groups -OCH3 is 1. The highest BCUT2D eigenvalue weighted by Gasteiger charge is 2.36. The van der Waals surface area contributed by atoms with E-state index in [1.54, 1.807) is 6.26 Å². The molecule has 0 saturated carbocycles. The second-order valence-electron chi connectivity index (χ2n) is 2.87. The molecule has 0 fully saturated rings. The molecule has 0 saturated heterocycles. The number of rotatable bonds is 2. The van der Waals surface area contributed by atoms with Crippen molar-refractivity contribution in [2.75, 3.05) is 13.4 Å². The number of benzene rings is 1. The zero-order valence-electron chi connectivity index (χ0n) is 8.59. The molecule has 0 spiro atoms. The molecule has 0 aliphatic carbocycles. The second-order valence-corrected chi connectivity index (χ2v) is 3.72. The highest BCUT2D eigenvalue weighted by Crippen LogP contribution is 2.36. The van der Waals surface area contributed by atoms with E-state index in [4.69, 9.17) is 0 Å². The van der Waals surface area contributed by atoms with Gasteiger partial charge in [-0.1, -0.05) is 6.07 Å². The van der Waals surface area contributed by atoms with E-state index in [1.807, 2.05) is 0 Å². The van der Waals surface area contributed by atoms with Crippen LogP contribution in [-0.2, 0) is 10.9 Å². The van der Waals surface area contributed by atoms with Crippen LogP contribution in [0.5, 0.6) is 0 Å². The zero-order valence-corrected chi connectivity index (χ0v) is 9.41. The number of hydrogen-bond acceptors (Lipinski definition) is 3. The Morgan fingerprint density at radius 2 is 2.00 bits per heavy atom. The van der Waals surface area contributed by atoms with Gasteiger partial charge in [-0.3, -0.25) is 0 Å². The molecule has 0 heterocycles. The van der Waals surface area contributed by atoms with Crippen LogP contribution in [0.4, 0.5) is 13.2 Å². The molecule has 0 N–H and O–H groups in total. The van der Waals surface area contributed by atoms with Crippen molar-refractivity contribution in [3.8, 4) is 0 Å². The molecule has 0 atom stereocenters. The molecular formula is C10H9F3O2S. The van der Waals surface area contributed by atoms with Gasteiger partial charge >= 0.3 is 12.1 Å². The fourth-order valence-electron chi connectivity index (χ4n) is 1.25. The molecule has 1 rings (SSSR count). The van der Waals surface area contributed by atoms with Gasteiger partial charge in [0.1, 0.15) is 0 Å². The summed E-state index contributed by atoms with van der Waals surface area (Å²) in [6.07, 6.45) is -2.96. The fourth-order valence-corrected chi connectivity index (χ4v) is 1.86. The number of thioether (sulfide) groups is 1. The molecule has 0 aromatic heterocycles. The number of hydrogen-bond donors (Lipinski definition) is 0. The fraction of sp³-hybridized carbons (Fsp3) is 0.300. The summed E-state index contributed by atoms with van der Waals surface area (Å²) in [5, 5.41) is 0. The van der Waals surface area contributed by atoms with Crippen LogP contribution in [0.25, 0.3) is 0 Å².